The Hall–Kier alpha value is -1.85. The van der Waals surface area contributed by atoms with Crippen molar-refractivity contribution in [1.29, 1.82) is 0 Å². The Morgan fingerprint density at radius 2 is 1.74 bits per heavy atom. The zero-order valence-electron chi connectivity index (χ0n) is 10.5. The van der Waals surface area contributed by atoms with Gasteiger partial charge in [0.05, 0.1) is 4.90 Å². The van der Waals surface area contributed by atoms with Crippen molar-refractivity contribution in [3.05, 3.63) is 59.2 Å². The van der Waals surface area contributed by atoms with Crippen molar-refractivity contribution in [2.75, 3.05) is 5.73 Å². The van der Waals surface area contributed by atoms with Crippen LogP contribution in [0, 0.1) is 6.92 Å². The molecule has 0 bridgehead atoms. The zero-order chi connectivity index (χ0) is 14.0. The van der Waals surface area contributed by atoms with Gasteiger partial charge in [-0.2, -0.15) is 8.42 Å². The molecule has 3 N–H and O–H groups in total. The lowest BCUT2D eigenvalue weighted by molar-refractivity contribution is 0.482. The van der Waals surface area contributed by atoms with E-state index >= 15 is 0 Å². The second-order valence-corrected chi connectivity index (χ2v) is 5.89. The van der Waals surface area contributed by atoms with Crippen molar-refractivity contribution in [2.45, 2.75) is 18.2 Å². The fourth-order valence-electron chi connectivity index (χ4n) is 1.95. The number of benzene rings is 2. The van der Waals surface area contributed by atoms with Crippen molar-refractivity contribution in [2.24, 2.45) is 0 Å². The average Bonchev–Trinajstić information content (AvgIpc) is 2.30. The SMILES string of the molecule is Cc1ccc(S(=O)(=O)O)c(Cc2ccc(N)cc2)c1. The maximum absolute atomic E-state index is 11.3. The number of nitrogens with two attached hydrogens (primary N) is 1. The maximum atomic E-state index is 11.3. The van der Waals surface area contributed by atoms with Gasteiger partial charge >= 0.3 is 0 Å². The number of anilines is 1. The first kappa shape index (κ1) is 13.6. The van der Waals surface area contributed by atoms with E-state index < -0.39 is 10.1 Å². The van der Waals surface area contributed by atoms with E-state index in [0.29, 0.717) is 17.7 Å². The summed E-state index contributed by atoms with van der Waals surface area (Å²) in [6, 6.07) is 12.1. The van der Waals surface area contributed by atoms with Crippen LogP contribution in [0.4, 0.5) is 5.69 Å². The van der Waals surface area contributed by atoms with E-state index in [4.69, 9.17) is 5.73 Å². The summed E-state index contributed by atoms with van der Waals surface area (Å²) in [6.45, 7) is 1.88. The van der Waals surface area contributed by atoms with E-state index in [1.54, 1.807) is 24.3 Å². The fraction of sp³-hybridized carbons (Fsp3) is 0.143. The Kier molecular flexibility index (Phi) is 3.59. The molecular formula is C14H15NO3S. The fourth-order valence-corrected chi connectivity index (χ4v) is 2.66. The summed E-state index contributed by atoms with van der Waals surface area (Å²) in [7, 11) is -4.20. The van der Waals surface area contributed by atoms with Crippen molar-refractivity contribution >= 4 is 15.8 Å². The monoisotopic (exact) mass is 277 g/mol. The molecule has 0 atom stereocenters. The zero-order valence-corrected chi connectivity index (χ0v) is 11.3. The largest absolute Gasteiger partial charge is 0.399 e. The lowest BCUT2D eigenvalue weighted by atomic mass is 10.0. The predicted molar refractivity (Wildman–Crippen MR) is 74.7 cm³/mol. The predicted octanol–water partition coefficient (Wildman–Crippen LogP) is 2.41. The topological polar surface area (TPSA) is 80.4 Å². The minimum atomic E-state index is -4.20. The Labute approximate surface area is 112 Å². The molecule has 0 aliphatic carbocycles. The van der Waals surface area contributed by atoms with Gasteiger partial charge in [-0.05, 0) is 42.7 Å². The van der Waals surface area contributed by atoms with Gasteiger partial charge in [0.15, 0.2) is 0 Å². The lowest BCUT2D eigenvalue weighted by Crippen LogP contribution is -2.04. The highest BCUT2D eigenvalue weighted by atomic mass is 32.2. The quantitative estimate of drug-likeness (QED) is 0.667. The van der Waals surface area contributed by atoms with Gasteiger partial charge in [0.1, 0.15) is 0 Å². The third-order valence-corrected chi connectivity index (χ3v) is 3.82. The van der Waals surface area contributed by atoms with Crippen molar-refractivity contribution in [1.82, 2.24) is 0 Å². The second-order valence-electron chi connectivity index (χ2n) is 4.50. The molecule has 0 saturated heterocycles. The highest BCUT2D eigenvalue weighted by Crippen LogP contribution is 2.21. The molecule has 5 heteroatoms. The standard InChI is InChI=1S/C14H15NO3S/c1-10-2-7-14(19(16,17)18)12(8-10)9-11-3-5-13(15)6-4-11/h2-8H,9,15H2,1H3,(H,16,17,18). The van der Waals surface area contributed by atoms with Crippen molar-refractivity contribution in [3.63, 3.8) is 0 Å². The van der Waals surface area contributed by atoms with Crippen LogP contribution < -0.4 is 5.73 Å². The molecule has 19 heavy (non-hydrogen) atoms. The summed E-state index contributed by atoms with van der Waals surface area (Å²) in [4.78, 5) is -0.0464. The van der Waals surface area contributed by atoms with Crippen molar-refractivity contribution in [3.8, 4) is 0 Å². The van der Waals surface area contributed by atoms with Crippen LogP contribution in [0.2, 0.25) is 0 Å². The van der Waals surface area contributed by atoms with E-state index in [1.165, 1.54) is 6.07 Å². The van der Waals surface area contributed by atoms with Gasteiger partial charge < -0.3 is 5.73 Å². The number of aryl methyl sites for hydroxylation is 1. The van der Waals surface area contributed by atoms with Gasteiger partial charge in [0, 0.05) is 5.69 Å². The molecule has 0 amide bonds. The number of hydrogen-bond donors (Lipinski definition) is 2. The molecule has 2 aromatic rings. The van der Waals surface area contributed by atoms with Crippen LogP contribution in [-0.4, -0.2) is 13.0 Å². The van der Waals surface area contributed by atoms with Crippen LogP contribution in [0.3, 0.4) is 0 Å². The number of hydrogen-bond acceptors (Lipinski definition) is 3. The molecule has 0 saturated carbocycles. The maximum Gasteiger partial charge on any atom is 0.294 e. The van der Waals surface area contributed by atoms with E-state index in [0.717, 1.165) is 11.1 Å². The Balaban J connectivity index is 2.44. The van der Waals surface area contributed by atoms with Gasteiger partial charge in [0.2, 0.25) is 0 Å². The Bertz CT molecular complexity index is 691. The smallest absolute Gasteiger partial charge is 0.294 e. The lowest BCUT2D eigenvalue weighted by Gasteiger charge is -2.09. The van der Waals surface area contributed by atoms with Crippen LogP contribution in [0.15, 0.2) is 47.4 Å². The Morgan fingerprint density at radius 1 is 1.11 bits per heavy atom. The van der Waals surface area contributed by atoms with Gasteiger partial charge in [-0.15, -0.1) is 0 Å². The van der Waals surface area contributed by atoms with E-state index in [-0.39, 0.29) is 4.90 Å². The Morgan fingerprint density at radius 3 is 2.32 bits per heavy atom. The third-order valence-electron chi connectivity index (χ3n) is 2.87. The molecule has 0 spiro atoms. The molecule has 0 aliphatic heterocycles. The molecule has 100 valence electrons. The highest BCUT2D eigenvalue weighted by Gasteiger charge is 2.15. The second kappa shape index (κ2) is 5.03. The first-order chi connectivity index (χ1) is 8.86. The van der Waals surface area contributed by atoms with Gasteiger partial charge in [0.25, 0.3) is 10.1 Å². The summed E-state index contributed by atoms with van der Waals surface area (Å²) in [6.07, 6.45) is 0.428. The summed E-state index contributed by atoms with van der Waals surface area (Å²) >= 11 is 0. The van der Waals surface area contributed by atoms with Crippen molar-refractivity contribution < 1.29 is 13.0 Å². The van der Waals surface area contributed by atoms with Crippen LogP contribution in [0.5, 0.6) is 0 Å². The minimum Gasteiger partial charge on any atom is -0.399 e. The summed E-state index contributed by atoms with van der Waals surface area (Å²) in [5.41, 5.74) is 8.72. The molecule has 0 radical (unpaired) electrons. The van der Waals surface area contributed by atoms with Crippen LogP contribution >= 0.6 is 0 Å². The van der Waals surface area contributed by atoms with Crippen LogP contribution in [0.1, 0.15) is 16.7 Å². The van der Waals surface area contributed by atoms with E-state index in [9.17, 15) is 13.0 Å². The highest BCUT2D eigenvalue weighted by molar-refractivity contribution is 7.85. The van der Waals surface area contributed by atoms with Gasteiger partial charge in [-0.1, -0.05) is 29.8 Å². The van der Waals surface area contributed by atoms with Gasteiger partial charge in [-0.3, -0.25) is 4.55 Å². The molecule has 2 rings (SSSR count). The molecule has 0 aromatic heterocycles. The molecule has 0 fully saturated rings. The number of rotatable bonds is 3. The minimum absolute atomic E-state index is 0.0464. The average molecular weight is 277 g/mol. The molecule has 0 unspecified atom stereocenters. The molecule has 0 aliphatic rings. The molecule has 0 heterocycles. The summed E-state index contributed by atoms with van der Waals surface area (Å²) < 4.78 is 31.9. The van der Waals surface area contributed by atoms with Crippen LogP contribution in [-0.2, 0) is 16.5 Å². The molecular weight excluding hydrogens is 262 g/mol. The first-order valence-corrected chi connectivity index (χ1v) is 7.22. The summed E-state index contributed by atoms with van der Waals surface area (Å²) in [5, 5.41) is 0. The third kappa shape index (κ3) is 3.33. The normalized spacial score (nSPS) is 11.5. The van der Waals surface area contributed by atoms with Gasteiger partial charge in [-0.25, -0.2) is 0 Å². The van der Waals surface area contributed by atoms with Crippen LogP contribution in [0.25, 0.3) is 0 Å². The summed E-state index contributed by atoms with van der Waals surface area (Å²) in [5.74, 6) is 0. The molecule has 2 aromatic carbocycles. The molecule has 4 nitrogen and oxygen atoms in total. The number of nitrogen functional groups attached to an aromatic ring is 1. The van der Waals surface area contributed by atoms with E-state index in [1.807, 2.05) is 19.1 Å². The van der Waals surface area contributed by atoms with E-state index in [2.05, 4.69) is 0 Å². The first-order valence-electron chi connectivity index (χ1n) is 5.78.